The Hall–Kier alpha value is -3.72. The summed E-state index contributed by atoms with van der Waals surface area (Å²) in [6.07, 6.45) is 4.89. The van der Waals surface area contributed by atoms with E-state index in [2.05, 4.69) is 28.8 Å². The third-order valence-corrected chi connectivity index (χ3v) is 6.75. The highest BCUT2D eigenvalue weighted by Crippen LogP contribution is 2.40. The van der Waals surface area contributed by atoms with Crippen LogP contribution in [0.5, 0.6) is 5.75 Å². The number of aromatic nitrogens is 4. The van der Waals surface area contributed by atoms with Crippen molar-refractivity contribution in [1.29, 1.82) is 0 Å². The maximum Gasteiger partial charge on any atom is 0.265 e. The normalized spacial score (nSPS) is 14.4. The number of halogens is 1. The van der Waals surface area contributed by atoms with E-state index in [-0.39, 0.29) is 11.3 Å². The fraction of sp³-hybridized carbons (Fsp3) is 0.346. The minimum absolute atomic E-state index is 0.203. The largest absolute Gasteiger partial charge is 0.494 e. The molecule has 0 aliphatic carbocycles. The van der Waals surface area contributed by atoms with Crippen LogP contribution in [0.2, 0.25) is 0 Å². The molecule has 0 amide bonds. The first-order chi connectivity index (χ1) is 16.8. The Morgan fingerprint density at radius 1 is 1.14 bits per heavy atom. The average molecular weight is 477 g/mol. The van der Waals surface area contributed by atoms with E-state index in [4.69, 9.17) is 4.74 Å². The van der Waals surface area contributed by atoms with E-state index < -0.39 is 5.82 Å². The van der Waals surface area contributed by atoms with Crippen LogP contribution in [0.1, 0.15) is 25.0 Å². The number of fused-ring (bicyclic) bond motifs is 2. The van der Waals surface area contributed by atoms with Crippen molar-refractivity contribution in [2.24, 2.45) is 7.05 Å². The van der Waals surface area contributed by atoms with Crippen LogP contribution in [-0.2, 0) is 13.6 Å². The molecule has 0 atom stereocenters. The standard InChI is InChI=1S/C26H29FN6O2/c1-16(2)31-8-9-32(25-21(14-31)17(3)10-23(35-5)24(25)27)18-6-7-22-20(11-18)26(34)33(15-28-22)19-12-29-30(4)13-19/h6-7,10-13,15-16H,8-9,14H2,1-5H3. The SMILES string of the molecule is COc1cc(C)c2c(c1F)N(c1ccc3ncn(-c4cnn(C)c4)c(=O)c3c1)CCN(C(C)C)C2. The van der Waals surface area contributed by atoms with E-state index in [0.29, 0.717) is 41.4 Å². The van der Waals surface area contributed by atoms with Gasteiger partial charge in [-0.2, -0.15) is 5.10 Å². The quantitative estimate of drug-likeness (QED) is 0.445. The molecule has 35 heavy (non-hydrogen) atoms. The van der Waals surface area contributed by atoms with Gasteiger partial charge >= 0.3 is 0 Å². The molecule has 0 spiro atoms. The Morgan fingerprint density at radius 3 is 2.63 bits per heavy atom. The number of ether oxygens (including phenoxy) is 1. The van der Waals surface area contributed by atoms with Crippen molar-refractivity contribution in [2.45, 2.75) is 33.4 Å². The van der Waals surface area contributed by atoms with Crippen molar-refractivity contribution >= 4 is 22.3 Å². The lowest BCUT2D eigenvalue weighted by atomic mass is 10.0. The van der Waals surface area contributed by atoms with Gasteiger partial charge in [0.2, 0.25) is 0 Å². The molecule has 0 bridgehead atoms. The summed E-state index contributed by atoms with van der Waals surface area (Å²) in [5.74, 6) is -0.177. The highest BCUT2D eigenvalue weighted by Gasteiger charge is 2.29. The van der Waals surface area contributed by atoms with E-state index in [9.17, 15) is 4.79 Å². The Morgan fingerprint density at radius 2 is 1.94 bits per heavy atom. The van der Waals surface area contributed by atoms with Gasteiger partial charge in [-0.05, 0) is 56.2 Å². The number of nitrogens with zero attached hydrogens (tertiary/aromatic N) is 6. The summed E-state index contributed by atoms with van der Waals surface area (Å²) in [5, 5.41) is 4.62. The first-order valence-corrected chi connectivity index (χ1v) is 11.7. The Kier molecular flexibility index (Phi) is 5.80. The van der Waals surface area contributed by atoms with Crippen molar-refractivity contribution in [3.63, 3.8) is 0 Å². The highest BCUT2D eigenvalue weighted by molar-refractivity contribution is 5.84. The van der Waals surface area contributed by atoms with Crippen LogP contribution >= 0.6 is 0 Å². The predicted octanol–water partition coefficient (Wildman–Crippen LogP) is 3.94. The van der Waals surface area contributed by atoms with Gasteiger partial charge in [0, 0.05) is 44.6 Å². The summed E-state index contributed by atoms with van der Waals surface area (Å²) in [5.41, 5.74) is 4.15. The van der Waals surface area contributed by atoms with Gasteiger partial charge in [-0.15, -0.1) is 0 Å². The van der Waals surface area contributed by atoms with Gasteiger partial charge in [-0.3, -0.25) is 18.9 Å². The molecule has 4 aromatic rings. The van der Waals surface area contributed by atoms with Crippen LogP contribution in [0.3, 0.4) is 0 Å². The van der Waals surface area contributed by atoms with Crippen molar-refractivity contribution < 1.29 is 9.13 Å². The second kappa shape index (κ2) is 8.81. The topological polar surface area (TPSA) is 68.4 Å². The molecule has 0 saturated heterocycles. The van der Waals surface area contributed by atoms with Crippen LogP contribution in [0.25, 0.3) is 16.6 Å². The zero-order valence-corrected chi connectivity index (χ0v) is 20.6. The van der Waals surface area contributed by atoms with Crippen LogP contribution in [0.4, 0.5) is 15.8 Å². The van der Waals surface area contributed by atoms with E-state index in [1.165, 1.54) is 18.0 Å². The van der Waals surface area contributed by atoms with Crippen LogP contribution < -0.4 is 15.2 Å². The summed E-state index contributed by atoms with van der Waals surface area (Å²) in [7, 11) is 3.28. The molecule has 1 aliphatic rings. The molecule has 0 radical (unpaired) electrons. The molecule has 182 valence electrons. The third kappa shape index (κ3) is 3.95. The van der Waals surface area contributed by atoms with E-state index in [0.717, 1.165) is 23.4 Å². The van der Waals surface area contributed by atoms with Crippen molar-refractivity contribution in [3.05, 3.63) is 70.3 Å². The number of benzene rings is 2. The molecule has 9 heteroatoms. The lowest BCUT2D eigenvalue weighted by Crippen LogP contribution is -2.34. The minimum Gasteiger partial charge on any atom is -0.494 e. The maximum absolute atomic E-state index is 15.8. The zero-order chi connectivity index (χ0) is 24.9. The summed E-state index contributed by atoms with van der Waals surface area (Å²) in [6.45, 7) is 8.23. The Labute approximate surface area is 203 Å². The molecule has 2 aromatic heterocycles. The lowest BCUT2D eigenvalue weighted by Gasteiger charge is -2.27. The van der Waals surface area contributed by atoms with Gasteiger partial charge in [-0.1, -0.05) is 0 Å². The second-order valence-corrected chi connectivity index (χ2v) is 9.25. The third-order valence-electron chi connectivity index (χ3n) is 6.75. The molecule has 2 aromatic carbocycles. The van der Waals surface area contributed by atoms with Crippen LogP contribution in [0, 0.1) is 12.7 Å². The minimum atomic E-state index is -0.391. The van der Waals surface area contributed by atoms with Crippen molar-refractivity contribution in [1.82, 2.24) is 24.2 Å². The maximum atomic E-state index is 15.8. The molecule has 1 aliphatic heterocycles. The fourth-order valence-electron chi connectivity index (χ4n) is 4.73. The monoisotopic (exact) mass is 476 g/mol. The smallest absolute Gasteiger partial charge is 0.265 e. The molecule has 3 heterocycles. The summed E-state index contributed by atoms with van der Waals surface area (Å²) in [4.78, 5) is 22.2. The summed E-state index contributed by atoms with van der Waals surface area (Å²) in [6, 6.07) is 7.58. The van der Waals surface area contributed by atoms with E-state index in [1.54, 1.807) is 36.3 Å². The molecular formula is C26H29FN6O2. The lowest BCUT2D eigenvalue weighted by molar-refractivity contribution is 0.223. The van der Waals surface area contributed by atoms with Gasteiger partial charge in [0.05, 0.1) is 35.6 Å². The summed E-state index contributed by atoms with van der Waals surface area (Å²) >= 11 is 0. The zero-order valence-electron chi connectivity index (χ0n) is 20.6. The van der Waals surface area contributed by atoms with Gasteiger partial charge < -0.3 is 9.64 Å². The number of aryl methyl sites for hydroxylation is 2. The van der Waals surface area contributed by atoms with Crippen molar-refractivity contribution in [3.8, 4) is 11.4 Å². The van der Waals surface area contributed by atoms with Gasteiger partial charge in [0.1, 0.15) is 6.33 Å². The highest BCUT2D eigenvalue weighted by atomic mass is 19.1. The Bertz CT molecular complexity index is 1470. The predicted molar refractivity (Wildman–Crippen MR) is 134 cm³/mol. The molecule has 0 fully saturated rings. The molecule has 0 N–H and O–H groups in total. The van der Waals surface area contributed by atoms with Crippen molar-refractivity contribution in [2.75, 3.05) is 25.1 Å². The molecule has 5 rings (SSSR count). The molecular weight excluding hydrogens is 447 g/mol. The second-order valence-electron chi connectivity index (χ2n) is 9.25. The summed E-state index contributed by atoms with van der Waals surface area (Å²) < 4.78 is 24.3. The first kappa shape index (κ1) is 23.0. The van der Waals surface area contributed by atoms with Gasteiger partial charge in [0.15, 0.2) is 11.6 Å². The number of hydrogen-bond acceptors (Lipinski definition) is 6. The average Bonchev–Trinajstić information content (AvgIpc) is 3.15. The number of hydrogen-bond donors (Lipinski definition) is 0. The van der Waals surface area contributed by atoms with Gasteiger partial charge in [0.25, 0.3) is 5.56 Å². The molecule has 8 nitrogen and oxygen atoms in total. The van der Waals surface area contributed by atoms with E-state index >= 15 is 4.39 Å². The van der Waals surface area contributed by atoms with E-state index in [1.807, 2.05) is 24.0 Å². The number of anilines is 2. The first-order valence-electron chi connectivity index (χ1n) is 11.7. The number of rotatable bonds is 4. The number of methoxy groups -OCH3 is 1. The van der Waals surface area contributed by atoms with Gasteiger partial charge in [-0.25, -0.2) is 9.37 Å². The molecule has 0 saturated carbocycles. The fourth-order valence-corrected chi connectivity index (χ4v) is 4.73. The Balaban J connectivity index is 1.69. The van der Waals surface area contributed by atoms with Crippen LogP contribution in [0.15, 0.2) is 47.8 Å². The molecule has 0 unspecified atom stereocenters. The van der Waals surface area contributed by atoms with Crippen LogP contribution in [-0.4, -0.2) is 50.5 Å².